The van der Waals surface area contributed by atoms with E-state index < -0.39 is 11.6 Å². The minimum absolute atomic E-state index is 0.00372. The van der Waals surface area contributed by atoms with Crippen molar-refractivity contribution in [2.45, 2.75) is 84.5 Å². The SMILES string of the molecule is C=CC(=O)N1CC[C@@H](n2c(=O)n(-c3ccc(Oc4cccc(C)c4C)cc3)c3cnccc32)C1.C=CC(=O)N1CC[C@@H](n2c(=O)n(-c3ccc(Oc4cccc(CC)c4)c(F)c3)c3cnccc32)C1.C=CC(=O)N1CC[C@@H](n2c(=O)n(-c3ccc(Oc4cccc(OC(C)C)c4)c(F)c3)c3cnccc32)C1. The zero-order valence-electron chi connectivity index (χ0n) is 59.3. The van der Waals surface area contributed by atoms with Crippen LogP contribution in [0.25, 0.3) is 50.2 Å². The number of benzene rings is 6. The number of pyridine rings is 3. The molecule has 3 fully saturated rings. The summed E-state index contributed by atoms with van der Waals surface area (Å²) in [6.45, 7) is 23.6. The monoisotopic (exact) mass is 1430 g/mol. The second-order valence-corrected chi connectivity index (χ2v) is 26.2. The molecule has 12 aromatic rings. The molecule has 3 aliphatic rings. The van der Waals surface area contributed by atoms with Gasteiger partial charge in [-0.15, -0.1) is 0 Å². The van der Waals surface area contributed by atoms with Crippen molar-refractivity contribution < 1.29 is 42.1 Å². The predicted molar refractivity (Wildman–Crippen MR) is 401 cm³/mol. The molecule has 6 aromatic carbocycles. The molecule has 3 amide bonds. The number of aryl methyl sites for hydroxylation is 2. The second-order valence-electron chi connectivity index (χ2n) is 26.2. The van der Waals surface area contributed by atoms with E-state index in [4.69, 9.17) is 18.9 Å². The van der Waals surface area contributed by atoms with Crippen molar-refractivity contribution in [1.82, 2.24) is 57.1 Å². The number of aromatic nitrogens is 9. The minimum atomic E-state index is -0.618. The van der Waals surface area contributed by atoms with Crippen LogP contribution in [-0.4, -0.2) is 120 Å². The molecule has 0 N–H and O–H groups in total. The van der Waals surface area contributed by atoms with Gasteiger partial charge in [0.05, 0.1) is 93.0 Å². The van der Waals surface area contributed by atoms with Crippen molar-refractivity contribution in [2.24, 2.45) is 0 Å². The highest BCUT2D eigenvalue weighted by Gasteiger charge is 2.34. The van der Waals surface area contributed by atoms with E-state index in [1.807, 2.05) is 88.4 Å². The summed E-state index contributed by atoms with van der Waals surface area (Å²) in [5.41, 5.74) is 8.00. The van der Waals surface area contributed by atoms with Crippen molar-refractivity contribution in [3.05, 3.63) is 281 Å². The lowest BCUT2D eigenvalue weighted by Gasteiger charge is -2.15. The topological polar surface area (TPSA) is 217 Å². The third kappa shape index (κ3) is 14.7. The Morgan fingerprint density at radius 3 is 1.29 bits per heavy atom. The maximum absolute atomic E-state index is 15.2. The van der Waals surface area contributed by atoms with E-state index in [-0.39, 0.29) is 70.5 Å². The lowest BCUT2D eigenvalue weighted by Crippen LogP contribution is -2.31. The lowest BCUT2D eigenvalue weighted by atomic mass is 10.1. The highest BCUT2D eigenvalue weighted by molar-refractivity contribution is 5.88. The van der Waals surface area contributed by atoms with Gasteiger partial charge in [0.1, 0.15) is 28.7 Å². The van der Waals surface area contributed by atoms with Crippen LogP contribution in [0.15, 0.2) is 235 Å². The fourth-order valence-electron chi connectivity index (χ4n) is 13.9. The van der Waals surface area contributed by atoms with E-state index in [9.17, 15) is 28.8 Å². The number of rotatable bonds is 18. The first-order valence-electron chi connectivity index (χ1n) is 34.9. The highest BCUT2D eigenvalue weighted by Crippen LogP contribution is 2.35. The first-order valence-corrected chi connectivity index (χ1v) is 34.9. The van der Waals surface area contributed by atoms with Gasteiger partial charge in [0.15, 0.2) is 23.1 Å². The number of carbonyl (C=O) groups is 3. The van der Waals surface area contributed by atoms with Crippen molar-refractivity contribution in [3.63, 3.8) is 0 Å². The molecule has 22 nitrogen and oxygen atoms in total. The Morgan fingerprint density at radius 1 is 0.472 bits per heavy atom. The zero-order chi connectivity index (χ0) is 74.4. The van der Waals surface area contributed by atoms with Crippen LogP contribution in [0.3, 0.4) is 0 Å². The van der Waals surface area contributed by atoms with Gasteiger partial charge in [0.2, 0.25) is 17.7 Å². The van der Waals surface area contributed by atoms with Crippen molar-refractivity contribution in [3.8, 4) is 57.3 Å². The van der Waals surface area contributed by atoms with Gasteiger partial charge >= 0.3 is 17.1 Å². The molecule has 0 saturated carbocycles. The van der Waals surface area contributed by atoms with Crippen molar-refractivity contribution in [2.75, 3.05) is 39.3 Å². The van der Waals surface area contributed by atoms with E-state index in [0.29, 0.717) is 115 Å². The van der Waals surface area contributed by atoms with Crippen LogP contribution in [0, 0.1) is 25.5 Å². The average molecular weight is 1430 g/mol. The van der Waals surface area contributed by atoms with Crippen LogP contribution in [0.2, 0.25) is 0 Å². The van der Waals surface area contributed by atoms with Crippen LogP contribution >= 0.6 is 0 Å². The second kappa shape index (κ2) is 31.1. The third-order valence-corrected chi connectivity index (χ3v) is 19.2. The van der Waals surface area contributed by atoms with Gasteiger partial charge in [0.25, 0.3) is 0 Å². The Morgan fingerprint density at radius 2 is 0.868 bits per heavy atom. The molecule has 0 unspecified atom stereocenters. The molecule has 0 spiro atoms. The van der Waals surface area contributed by atoms with Crippen molar-refractivity contribution in [1.29, 1.82) is 0 Å². The highest BCUT2D eigenvalue weighted by atomic mass is 19.1. The Labute approximate surface area is 608 Å². The Kier molecular flexibility index (Phi) is 21.0. The van der Waals surface area contributed by atoms with Gasteiger partial charge in [-0.3, -0.25) is 56.7 Å². The van der Waals surface area contributed by atoms with Crippen LogP contribution in [0.5, 0.6) is 40.2 Å². The summed E-state index contributed by atoms with van der Waals surface area (Å²) in [6.07, 6.45) is 16.5. The molecule has 6 aromatic heterocycles. The minimum Gasteiger partial charge on any atom is -0.491 e. The molecule has 3 atom stereocenters. The molecule has 106 heavy (non-hydrogen) atoms. The molecule has 540 valence electrons. The van der Waals surface area contributed by atoms with Crippen LogP contribution < -0.4 is 36.0 Å². The van der Waals surface area contributed by atoms with Gasteiger partial charge in [-0.1, -0.05) is 57.0 Å². The summed E-state index contributed by atoms with van der Waals surface area (Å²) in [5, 5.41) is 0. The van der Waals surface area contributed by atoms with Gasteiger partial charge in [0, 0.05) is 76.1 Å². The molecule has 3 saturated heterocycles. The number of likely N-dealkylation sites (tertiary alicyclic amines) is 3. The number of imidazole rings is 3. The van der Waals surface area contributed by atoms with Crippen LogP contribution in [0.1, 0.15) is 74.8 Å². The van der Waals surface area contributed by atoms with Gasteiger partial charge < -0.3 is 33.6 Å². The largest absolute Gasteiger partial charge is 0.491 e. The Hall–Kier alpha value is -12.7. The molecule has 24 heteroatoms. The molecule has 0 radical (unpaired) electrons. The van der Waals surface area contributed by atoms with Gasteiger partial charge in [-0.05, 0) is 185 Å². The summed E-state index contributed by atoms with van der Waals surface area (Å²) in [7, 11) is 0. The maximum atomic E-state index is 15.2. The van der Waals surface area contributed by atoms with E-state index in [2.05, 4.69) is 47.7 Å². The fourth-order valence-corrected chi connectivity index (χ4v) is 13.9. The summed E-state index contributed by atoms with van der Waals surface area (Å²) in [4.78, 5) is 94.7. The Bertz CT molecular complexity index is 5560. The number of carbonyl (C=O) groups excluding carboxylic acids is 3. The smallest absolute Gasteiger partial charge is 0.334 e. The summed E-state index contributed by atoms with van der Waals surface area (Å²) in [5.74, 6) is 1.58. The zero-order valence-corrected chi connectivity index (χ0v) is 59.3. The molecule has 0 aliphatic carbocycles. The number of ether oxygens (including phenoxy) is 4. The van der Waals surface area contributed by atoms with Crippen molar-refractivity contribution >= 4 is 50.8 Å². The normalized spacial score (nSPS) is 15.5. The number of amides is 3. The van der Waals surface area contributed by atoms with Gasteiger partial charge in [-0.2, -0.15) is 0 Å². The number of hydrogen-bond acceptors (Lipinski definition) is 13. The molecular formula is C82H78F2N12O10. The molecule has 3 aliphatic heterocycles. The quantitative estimate of drug-likeness (QED) is 0.0731. The summed E-state index contributed by atoms with van der Waals surface area (Å²) in [6, 6.07) is 41.7. The standard InChI is InChI=1S/C28H27FN4O4.C27H25FN4O3.C27H26N4O3/c1-4-27(34)31-13-11-20(17-31)33-24-10-12-30-16-25(24)32(28(33)35)19-8-9-26(23(29)14-19)37-22-7-5-6-21(15-22)36-18(2)3;1-3-18-6-5-7-21(14-18)35-25-9-8-19(15-22(25)28)31-24-16-29-12-10-23(24)32(27(31)34)20-11-13-30(17-20)26(33)4-2;1-4-26(32)29-15-13-21(17-29)31-23-12-14-28-16-24(23)30(27(31)33)20-8-10-22(11-9-20)34-25-7-5-6-18(2)19(25)3/h4-10,12,14-16,18,20H,1,11,13,17H2,2-3H3;4-10,12,14-16,20H,2-3,11,13,17H2,1H3;4-12,14,16,21H,1,13,15,17H2,2-3H3/t2*20-;21-/m111/s1. The third-order valence-electron chi connectivity index (χ3n) is 19.2. The van der Waals surface area contributed by atoms with Gasteiger partial charge in [-0.25, -0.2) is 23.2 Å². The number of nitrogens with zero attached hydrogens (tertiary/aromatic N) is 12. The first-order chi connectivity index (χ1) is 51.3. The predicted octanol–water partition coefficient (Wildman–Crippen LogP) is 14.1. The van der Waals surface area contributed by atoms with Crippen LogP contribution in [-0.2, 0) is 20.8 Å². The molecule has 0 bridgehead atoms. The number of fused-ring (bicyclic) bond motifs is 3. The Balaban J connectivity index is 0.000000141. The summed E-state index contributed by atoms with van der Waals surface area (Å²) >= 11 is 0. The number of halogens is 2. The molecular weight excluding hydrogens is 1350 g/mol. The van der Waals surface area contributed by atoms with E-state index in [1.165, 1.54) is 57.2 Å². The lowest BCUT2D eigenvalue weighted by molar-refractivity contribution is -0.125. The first kappa shape index (κ1) is 71.7. The maximum Gasteiger partial charge on any atom is 0.334 e. The van der Waals surface area contributed by atoms with E-state index in [1.54, 1.807) is 125 Å². The van der Waals surface area contributed by atoms with Crippen LogP contribution in [0.4, 0.5) is 8.78 Å². The number of hydrogen-bond donors (Lipinski definition) is 0. The molecule has 9 heterocycles. The molecule has 15 rings (SSSR count). The average Bonchev–Trinajstić information content (AvgIpc) is 1.61. The van der Waals surface area contributed by atoms with E-state index >= 15 is 8.78 Å². The fraction of sp³-hybridized carbons (Fsp3) is 0.232. The summed E-state index contributed by atoms with van der Waals surface area (Å²) < 4.78 is 63.3. The van der Waals surface area contributed by atoms with E-state index in [0.717, 1.165) is 40.0 Å².